The number of nitrogens with zero attached hydrogens (tertiary/aromatic N) is 2. The lowest BCUT2D eigenvalue weighted by Crippen LogP contribution is -2.56. The Balaban J connectivity index is 2.08. The molecule has 0 radical (unpaired) electrons. The molecule has 0 spiro atoms. The van der Waals surface area contributed by atoms with Crippen molar-refractivity contribution in [1.29, 1.82) is 0 Å². The lowest BCUT2D eigenvalue weighted by molar-refractivity contribution is 0.0466. The van der Waals surface area contributed by atoms with Gasteiger partial charge in [-0.2, -0.15) is 0 Å². The van der Waals surface area contributed by atoms with E-state index in [1.54, 1.807) is 0 Å². The lowest BCUT2D eigenvalue weighted by Gasteiger charge is -2.54. The van der Waals surface area contributed by atoms with Crippen LogP contribution in [0.2, 0.25) is 5.15 Å². The van der Waals surface area contributed by atoms with Crippen LogP contribution >= 0.6 is 11.6 Å². The third-order valence-corrected chi connectivity index (χ3v) is 5.30. The molecule has 3 nitrogen and oxygen atoms in total. The van der Waals surface area contributed by atoms with E-state index in [0.717, 1.165) is 18.5 Å². The Kier molecular flexibility index (Phi) is 3.06. The first-order chi connectivity index (χ1) is 9.11. The summed E-state index contributed by atoms with van der Waals surface area (Å²) in [5.74, 6) is 0.472. The standard InChI is InChI=1S/C15H20ClN3/c1-4-15(2)10(9-11(15)17-3)13-14(16)18-12-7-5-6-8-19(12)13/h5-8,10-11,17H,4,9H2,1-3H3. The van der Waals surface area contributed by atoms with Crippen LogP contribution in [0.25, 0.3) is 5.65 Å². The summed E-state index contributed by atoms with van der Waals surface area (Å²) in [5.41, 5.74) is 2.37. The minimum absolute atomic E-state index is 0.254. The van der Waals surface area contributed by atoms with Gasteiger partial charge < -0.3 is 9.72 Å². The summed E-state index contributed by atoms with van der Waals surface area (Å²) >= 11 is 6.40. The number of pyridine rings is 1. The third kappa shape index (κ3) is 1.72. The van der Waals surface area contributed by atoms with Gasteiger partial charge in [-0.05, 0) is 37.4 Å². The van der Waals surface area contributed by atoms with Crippen LogP contribution in [0.4, 0.5) is 0 Å². The molecule has 1 fully saturated rings. The maximum absolute atomic E-state index is 6.40. The molecule has 2 heterocycles. The van der Waals surface area contributed by atoms with E-state index < -0.39 is 0 Å². The highest BCUT2D eigenvalue weighted by molar-refractivity contribution is 6.30. The molecule has 1 aliphatic carbocycles. The highest BCUT2D eigenvalue weighted by Gasteiger charge is 2.51. The van der Waals surface area contributed by atoms with Crippen LogP contribution in [0.3, 0.4) is 0 Å². The molecule has 19 heavy (non-hydrogen) atoms. The van der Waals surface area contributed by atoms with Gasteiger partial charge in [0.25, 0.3) is 0 Å². The summed E-state index contributed by atoms with van der Waals surface area (Å²) in [6.07, 6.45) is 4.33. The van der Waals surface area contributed by atoms with Crippen LogP contribution in [0, 0.1) is 5.41 Å². The Hall–Kier alpha value is -1.06. The fourth-order valence-corrected chi connectivity index (χ4v) is 3.83. The second kappa shape index (κ2) is 4.50. The first-order valence-electron chi connectivity index (χ1n) is 6.91. The molecule has 3 rings (SSSR count). The molecule has 0 bridgehead atoms. The first kappa shape index (κ1) is 12.9. The maximum Gasteiger partial charge on any atom is 0.151 e. The monoisotopic (exact) mass is 277 g/mol. The van der Waals surface area contributed by atoms with E-state index in [0.29, 0.717) is 17.1 Å². The van der Waals surface area contributed by atoms with Crippen molar-refractivity contribution >= 4 is 17.2 Å². The summed E-state index contributed by atoms with van der Waals surface area (Å²) in [6, 6.07) is 6.60. The predicted molar refractivity (Wildman–Crippen MR) is 78.8 cm³/mol. The average molecular weight is 278 g/mol. The zero-order chi connectivity index (χ0) is 13.6. The smallest absolute Gasteiger partial charge is 0.151 e. The SMILES string of the molecule is CCC1(C)C(NC)CC1c1c(Cl)nc2ccccn12. The zero-order valence-corrected chi connectivity index (χ0v) is 12.4. The van der Waals surface area contributed by atoms with E-state index in [1.165, 1.54) is 5.69 Å². The van der Waals surface area contributed by atoms with Gasteiger partial charge >= 0.3 is 0 Å². The number of aromatic nitrogens is 2. The molecule has 0 aliphatic heterocycles. The fraction of sp³-hybridized carbons (Fsp3) is 0.533. The van der Waals surface area contributed by atoms with Gasteiger partial charge in [0.2, 0.25) is 0 Å². The molecule has 0 amide bonds. The van der Waals surface area contributed by atoms with Crippen molar-refractivity contribution < 1.29 is 0 Å². The fourth-order valence-electron chi connectivity index (χ4n) is 3.52. The van der Waals surface area contributed by atoms with Crippen molar-refractivity contribution in [2.24, 2.45) is 5.41 Å². The first-order valence-corrected chi connectivity index (χ1v) is 7.29. The van der Waals surface area contributed by atoms with Crippen LogP contribution in [-0.2, 0) is 0 Å². The minimum atomic E-state index is 0.254. The van der Waals surface area contributed by atoms with E-state index in [1.807, 2.05) is 25.2 Å². The summed E-state index contributed by atoms with van der Waals surface area (Å²) in [5, 5.41) is 4.09. The van der Waals surface area contributed by atoms with Gasteiger partial charge in [-0.3, -0.25) is 0 Å². The Morgan fingerprint density at radius 3 is 3.00 bits per heavy atom. The van der Waals surface area contributed by atoms with E-state index in [-0.39, 0.29) is 5.41 Å². The van der Waals surface area contributed by atoms with Gasteiger partial charge in [-0.1, -0.05) is 31.5 Å². The molecule has 1 aliphatic rings. The van der Waals surface area contributed by atoms with Crippen molar-refractivity contribution in [1.82, 2.24) is 14.7 Å². The largest absolute Gasteiger partial charge is 0.316 e. The summed E-state index contributed by atoms with van der Waals surface area (Å²) in [7, 11) is 2.05. The Morgan fingerprint density at radius 2 is 2.32 bits per heavy atom. The van der Waals surface area contributed by atoms with Gasteiger partial charge in [-0.25, -0.2) is 4.98 Å². The summed E-state index contributed by atoms with van der Waals surface area (Å²) in [6.45, 7) is 4.61. The summed E-state index contributed by atoms with van der Waals surface area (Å²) in [4.78, 5) is 4.47. The number of rotatable bonds is 3. The van der Waals surface area contributed by atoms with Crippen LogP contribution < -0.4 is 5.32 Å². The van der Waals surface area contributed by atoms with E-state index >= 15 is 0 Å². The average Bonchev–Trinajstić information content (AvgIpc) is 2.74. The lowest BCUT2D eigenvalue weighted by atomic mass is 9.55. The summed E-state index contributed by atoms with van der Waals surface area (Å²) < 4.78 is 2.15. The van der Waals surface area contributed by atoms with E-state index in [9.17, 15) is 0 Å². The molecule has 1 saturated carbocycles. The third-order valence-electron chi connectivity index (χ3n) is 5.03. The molecule has 0 aromatic carbocycles. The molecule has 2 aromatic heterocycles. The maximum atomic E-state index is 6.40. The number of halogens is 1. The molecule has 3 unspecified atom stereocenters. The predicted octanol–water partition coefficient (Wildman–Crippen LogP) is 3.48. The highest BCUT2D eigenvalue weighted by Crippen LogP contribution is 2.55. The van der Waals surface area contributed by atoms with Gasteiger partial charge in [0.05, 0.1) is 5.69 Å². The molecular formula is C15H20ClN3. The Morgan fingerprint density at radius 1 is 1.53 bits per heavy atom. The van der Waals surface area contributed by atoms with Gasteiger partial charge in [0.1, 0.15) is 5.65 Å². The molecule has 2 aromatic rings. The number of nitrogens with one attached hydrogen (secondary N) is 1. The molecule has 3 atom stereocenters. The van der Waals surface area contributed by atoms with Gasteiger partial charge in [0, 0.05) is 18.2 Å². The topological polar surface area (TPSA) is 29.3 Å². The minimum Gasteiger partial charge on any atom is -0.316 e. The van der Waals surface area contributed by atoms with Gasteiger partial charge in [0.15, 0.2) is 5.15 Å². The van der Waals surface area contributed by atoms with E-state index in [4.69, 9.17) is 11.6 Å². The second-order valence-corrected chi connectivity index (χ2v) is 6.06. The quantitative estimate of drug-likeness (QED) is 0.931. The van der Waals surface area contributed by atoms with Crippen molar-refractivity contribution in [2.75, 3.05) is 7.05 Å². The molecule has 1 N–H and O–H groups in total. The number of hydrogen-bond acceptors (Lipinski definition) is 2. The van der Waals surface area contributed by atoms with Gasteiger partial charge in [-0.15, -0.1) is 0 Å². The van der Waals surface area contributed by atoms with E-state index in [2.05, 4.69) is 34.7 Å². The Labute approximate surface area is 119 Å². The second-order valence-electron chi connectivity index (χ2n) is 5.71. The van der Waals surface area contributed by atoms with Crippen molar-refractivity contribution in [2.45, 2.75) is 38.6 Å². The van der Waals surface area contributed by atoms with Crippen molar-refractivity contribution in [3.63, 3.8) is 0 Å². The molecule has 102 valence electrons. The Bertz CT molecular complexity index is 606. The normalized spacial score (nSPS) is 30.5. The van der Waals surface area contributed by atoms with Crippen molar-refractivity contribution in [3.05, 3.63) is 35.2 Å². The number of fused-ring (bicyclic) bond motifs is 1. The van der Waals surface area contributed by atoms with Crippen LogP contribution in [0.5, 0.6) is 0 Å². The van der Waals surface area contributed by atoms with Crippen molar-refractivity contribution in [3.8, 4) is 0 Å². The molecule has 4 heteroatoms. The molecule has 0 saturated heterocycles. The van der Waals surface area contributed by atoms with Crippen LogP contribution in [0.15, 0.2) is 24.4 Å². The van der Waals surface area contributed by atoms with Crippen LogP contribution in [0.1, 0.15) is 38.3 Å². The zero-order valence-electron chi connectivity index (χ0n) is 11.7. The highest BCUT2D eigenvalue weighted by atomic mass is 35.5. The number of hydrogen-bond donors (Lipinski definition) is 1. The molecular weight excluding hydrogens is 258 g/mol. The van der Waals surface area contributed by atoms with Crippen LogP contribution in [-0.4, -0.2) is 22.5 Å². The number of imidazole rings is 1.